The van der Waals surface area contributed by atoms with E-state index in [-0.39, 0.29) is 23.5 Å². The number of carbonyl (C=O) groups is 1. The van der Waals surface area contributed by atoms with Crippen LogP contribution in [0.15, 0.2) is 0 Å². The number of rotatable bonds is 6. The van der Waals surface area contributed by atoms with Crippen molar-refractivity contribution in [3.63, 3.8) is 0 Å². The molecule has 2 rings (SSSR count). The molecule has 1 atom stereocenters. The molecule has 1 amide bonds. The smallest absolute Gasteiger partial charge is 0.223 e. The average Bonchev–Trinajstić information content (AvgIpc) is 2.72. The van der Waals surface area contributed by atoms with E-state index in [1.165, 1.54) is 0 Å². The lowest BCUT2D eigenvalue weighted by molar-refractivity contribution is -0.131. The predicted molar refractivity (Wildman–Crippen MR) is 92.2 cm³/mol. The van der Waals surface area contributed by atoms with Crippen LogP contribution in [0.1, 0.15) is 32.6 Å². The molecule has 2 aliphatic heterocycles. The van der Waals surface area contributed by atoms with E-state index in [4.69, 9.17) is 0 Å². The number of nitrogens with zero attached hydrogens (tertiary/aromatic N) is 3. The molecule has 0 bridgehead atoms. The van der Waals surface area contributed by atoms with Gasteiger partial charge < -0.3 is 14.7 Å². The van der Waals surface area contributed by atoms with Crippen LogP contribution in [0, 0.1) is 0 Å². The fourth-order valence-electron chi connectivity index (χ4n) is 3.50. The lowest BCUT2D eigenvalue weighted by Crippen LogP contribution is -2.39. The van der Waals surface area contributed by atoms with E-state index in [9.17, 15) is 13.2 Å². The van der Waals surface area contributed by atoms with E-state index < -0.39 is 9.84 Å². The third-order valence-electron chi connectivity index (χ3n) is 4.99. The van der Waals surface area contributed by atoms with Crippen LogP contribution < -0.4 is 0 Å². The fraction of sp³-hybridized carbons (Fsp3) is 0.938. The molecular weight excluding hydrogens is 314 g/mol. The van der Waals surface area contributed by atoms with Gasteiger partial charge in [-0.2, -0.15) is 0 Å². The van der Waals surface area contributed by atoms with Crippen LogP contribution >= 0.6 is 0 Å². The molecular formula is C16H31N3O3S. The average molecular weight is 346 g/mol. The second kappa shape index (κ2) is 8.44. The van der Waals surface area contributed by atoms with Crippen LogP contribution in [-0.4, -0.2) is 92.9 Å². The number of hydrogen-bond donors (Lipinski definition) is 0. The van der Waals surface area contributed by atoms with Gasteiger partial charge in [-0.25, -0.2) is 8.42 Å². The van der Waals surface area contributed by atoms with Crippen molar-refractivity contribution in [3.8, 4) is 0 Å². The van der Waals surface area contributed by atoms with Gasteiger partial charge in [0.15, 0.2) is 9.84 Å². The molecule has 0 aromatic heterocycles. The van der Waals surface area contributed by atoms with Crippen LogP contribution in [0.2, 0.25) is 0 Å². The van der Waals surface area contributed by atoms with Gasteiger partial charge in [0, 0.05) is 38.6 Å². The quantitative estimate of drug-likeness (QED) is 0.699. The van der Waals surface area contributed by atoms with E-state index in [0.717, 1.165) is 45.6 Å². The molecule has 2 heterocycles. The van der Waals surface area contributed by atoms with Crippen molar-refractivity contribution >= 4 is 15.7 Å². The minimum absolute atomic E-state index is 0.0805. The summed E-state index contributed by atoms with van der Waals surface area (Å²) in [5.74, 6) is 0.735. The first-order chi connectivity index (χ1) is 10.9. The highest BCUT2D eigenvalue weighted by atomic mass is 32.2. The zero-order valence-corrected chi connectivity index (χ0v) is 15.4. The van der Waals surface area contributed by atoms with Gasteiger partial charge in [-0.3, -0.25) is 4.79 Å². The van der Waals surface area contributed by atoms with E-state index in [1.54, 1.807) is 0 Å². The minimum atomic E-state index is -2.86. The molecule has 0 spiro atoms. The van der Waals surface area contributed by atoms with Crippen LogP contribution in [-0.2, 0) is 14.6 Å². The van der Waals surface area contributed by atoms with Crippen molar-refractivity contribution in [3.05, 3.63) is 0 Å². The Hall–Kier alpha value is -0.660. The summed E-state index contributed by atoms with van der Waals surface area (Å²) in [6.07, 6.45) is 3.38. The number of sulfone groups is 1. The molecule has 0 aromatic carbocycles. The first-order valence-electron chi connectivity index (χ1n) is 8.82. The van der Waals surface area contributed by atoms with E-state index in [1.807, 2.05) is 16.8 Å². The Morgan fingerprint density at radius 1 is 1.22 bits per heavy atom. The summed E-state index contributed by atoms with van der Waals surface area (Å²) in [6.45, 7) is 7.66. The summed E-state index contributed by atoms with van der Waals surface area (Å²) in [6, 6.07) is 0.0805. The summed E-state index contributed by atoms with van der Waals surface area (Å²) in [7, 11) is -0.924. The Kier molecular flexibility index (Phi) is 6.85. The normalized spacial score (nSPS) is 25.7. The molecule has 2 aliphatic rings. The Labute approximate surface area is 140 Å². The third kappa shape index (κ3) is 5.72. The monoisotopic (exact) mass is 345 g/mol. The summed E-state index contributed by atoms with van der Waals surface area (Å²) >= 11 is 0. The molecule has 0 aromatic rings. The van der Waals surface area contributed by atoms with Crippen LogP contribution in [0.3, 0.4) is 0 Å². The summed E-state index contributed by atoms with van der Waals surface area (Å²) < 4.78 is 23.1. The molecule has 1 unspecified atom stereocenters. The maximum atomic E-state index is 12.4. The first-order valence-corrected chi connectivity index (χ1v) is 10.6. The molecule has 6 nitrogen and oxygen atoms in total. The largest absolute Gasteiger partial charge is 0.341 e. The Morgan fingerprint density at radius 3 is 2.65 bits per heavy atom. The first kappa shape index (κ1) is 18.7. The fourth-order valence-corrected chi connectivity index (χ4v) is 5.30. The molecule has 2 saturated heterocycles. The van der Waals surface area contributed by atoms with Crippen LogP contribution in [0.5, 0.6) is 0 Å². The lowest BCUT2D eigenvalue weighted by atomic mass is 10.2. The molecule has 0 N–H and O–H groups in total. The molecule has 0 saturated carbocycles. The molecule has 23 heavy (non-hydrogen) atoms. The Morgan fingerprint density at radius 2 is 2.00 bits per heavy atom. The number of amides is 1. The highest BCUT2D eigenvalue weighted by Crippen LogP contribution is 2.17. The SMILES string of the molecule is CCCN1CCCN(C(=O)CCN(C)C2CCS(=O)(=O)C2)CC1. The number of carbonyl (C=O) groups excluding carboxylic acids is 1. The number of hydrogen-bond acceptors (Lipinski definition) is 5. The standard InChI is InChI=1S/C16H31N3O3S/c1-3-7-18-8-4-9-19(12-11-18)16(20)5-10-17(2)15-6-13-23(21,22)14-15/h15H,3-14H2,1-2H3. The highest BCUT2D eigenvalue weighted by molar-refractivity contribution is 7.91. The molecule has 2 fully saturated rings. The molecule has 7 heteroatoms. The van der Waals surface area contributed by atoms with Crippen molar-refractivity contribution in [1.82, 2.24) is 14.7 Å². The molecule has 134 valence electrons. The molecule has 0 radical (unpaired) electrons. The van der Waals surface area contributed by atoms with Gasteiger partial charge in [0.2, 0.25) is 5.91 Å². The van der Waals surface area contributed by atoms with Crippen molar-refractivity contribution in [2.75, 3.05) is 57.8 Å². The van der Waals surface area contributed by atoms with Crippen molar-refractivity contribution in [1.29, 1.82) is 0 Å². The van der Waals surface area contributed by atoms with E-state index in [2.05, 4.69) is 11.8 Å². The topological polar surface area (TPSA) is 60.9 Å². The van der Waals surface area contributed by atoms with Gasteiger partial charge in [0.05, 0.1) is 11.5 Å². The molecule has 0 aliphatic carbocycles. The maximum absolute atomic E-state index is 12.4. The highest BCUT2D eigenvalue weighted by Gasteiger charge is 2.30. The van der Waals surface area contributed by atoms with Gasteiger partial charge >= 0.3 is 0 Å². The van der Waals surface area contributed by atoms with Gasteiger partial charge in [0.25, 0.3) is 0 Å². The van der Waals surface area contributed by atoms with Gasteiger partial charge in [-0.1, -0.05) is 6.92 Å². The van der Waals surface area contributed by atoms with Crippen molar-refractivity contribution in [2.45, 2.75) is 38.6 Å². The van der Waals surface area contributed by atoms with Gasteiger partial charge in [0.1, 0.15) is 0 Å². The summed E-state index contributed by atoms with van der Waals surface area (Å²) in [5.41, 5.74) is 0. The zero-order valence-electron chi connectivity index (χ0n) is 14.5. The third-order valence-corrected chi connectivity index (χ3v) is 6.74. The van der Waals surface area contributed by atoms with Crippen molar-refractivity contribution in [2.24, 2.45) is 0 Å². The minimum Gasteiger partial charge on any atom is -0.341 e. The van der Waals surface area contributed by atoms with Crippen LogP contribution in [0.4, 0.5) is 0 Å². The summed E-state index contributed by atoms with van der Waals surface area (Å²) in [5, 5.41) is 0. The predicted octanol–water partition coefficient (Wildman–Crippen LogP) is 0.440. The second-order valence-electron chi connectivity index (χ2n) is 6.86. The van der Waals surface area contributed by atoms with E-state index >= 15 is 0 Å². The van der Waals surface area contributed by atoms with Gasteiger partial charge in [-0.05, 0) is 39.4 Å². The maximum Gasteiger partial charge on any atom is 0.223 e. The van der Waals surface area contributed by atoms with Crippen LogP contribution in [0.25, 0.3) is 0 Å². The van der Waals surface area contributed by atoms with E-state index in [0.29, 0.717) is 19.4 Å². The van der Waals surface area contributed by atoms with Gasteiger partial charge in [-0.15, -0.1) is 0 Å². The Balaban J connectivity index is 1.74. The summed E-state index contributed by atoms with van der Waals surface area (Å²) in [4.78, 5) is 18.9. The Bertz CT molecular complexity index is 495. The lowest BCUT2D eigenvalue weighted by Gasteiger charge is -2.25. The van der Waals surface area contributed by atoms with Crippen molar-refractivity contribution < 1.29 is 13.2 Å². The second-order valence-corrected chi connectivity index (χ2v) is 9.09. The zero-order chi connectivity index (χ0) is 16.9.